The number of halogens is 1. The zero-order valence-electron chi connectivity index (χ0n) is 15.9. The number of methoxy groups -OCH3 is 1. The summed E-state index contributed by atoms with van der Waals surface area (Å²) in [6.07, 6.45) is 0.737. The van der Waals surface area contributed by atoms with E-state index < -0.39 is 0 Å². The molecule has 3 rings (SSSR count). The number of amides is 2. The molecule has 0 aliphatic carbocycles. The zero-order valence-corrected chi connectivity index (χ0v) is 17.5. The van der Waals surface area contributed by atoms with Crippen LogP contribution >= 0.6 is 15.9 Å². The van der Waals surface area contributed by atoms with Gasteiger partial charge in [-0.3, -0.25) is 9.59 Å². The fourth-order valence-electron chi connectivity index (χ4n) is 2.85. The van der Waals surface area contributed by atoms with Crippen LogP contribution in [-0.2, 0) is 6.42 Å². The lowest BCUT2D eigenvalue weighted by molar-refractivity contribution is 0.0955. The summed E-state index contributed by atoms with van der Waals surface area (Å²) in [5.74, 6) is 0.102. The summed E-state index contributed by atoms with van der Waals surface area (Å²) in [6, 6.07) is 22.0. The Balaban J connectivity index is 1.67. The predicted octanol–water partition coefficient (Wildman–Crippen LogP) is 4.68. The van der Waals surface area contributed by atoms with Gasteiger partial charge >= 0.3 is 0 Å². The number of nitrogens with one attached hydrogen (secondary N) is 2. The van der Waals surface area contributed by atoms with E-state index in [9.17, 15) is 9.59 Å². The normalized spacial score (nSPS) is 10.3. The number of ether oxygens (including phenoxy) is 1. The lowest BCUT2D eigenvalue weighted by Crippen LogP contribution is -2.27. The van der Waals surface area contributed by atoms with Gasteiger partial charge in [0.2, 0.25) is 0 Å². The molecule has 3 aromatic rings. The molecule has 0 aliphatic rings. The van der Waals surface area contributed by atoms with Crippen LogP contribution in [-0.4, -0.2) is 25.5 Å². The van der Waals surface area contributed by atoms with Crippen LogP contribution < -0.4 is 15.4 Å². The molecule has 2 amide bonds. The highest BCUT2D eigenvalue weighted by molar-refractivity contribution is 9.10. The van der Waals surface area contributed by atoms with Gasteiger partial charge in [-0.05, 0) is 58.2 Å². The second kappa shape index (κ2) is 9.89. The maximum absolute atomic E-state index is 12.6. The van der Waals surface area contributed by atoms with E-state index in [-0.39, 0.29) is 11.8 Å². The number of carbonyl (C=O) groups excluding carboxylic acids is 2. The van der Waals surface area contributed by atoms with Gasteiger partial charge in [0.15, 0.2) is 0 Å². The smallest absolute Gasteiger partial charge is 0.255 e. The molecule has 2 N–H and O–H groups in total. The van der Waals surface area contributed by atoms with Crippen LogP contribution in [0.3, 0.4) is 0 Å². The van der Waals surface area contributed by atoms with E-state index in [0.717, 1.165) is 12.0 Å². The summed E-state index contributed by atoms with van der Waals surface area (Å²) in [4.78, 5) is 25.3. The zero-order chi connectivity index (χ0) is 20.6. The highest BCUT2D eigenvalue weighted by Crippen LogP contribution is 2.26. The van der Waals surface area contributed by atoms with E-state index in [2.05, 4.69) is 26.6 Å². The minimum atomic E-state index is -0.308. The largest absolute Gasteiger partial charge is 0.496 e. The van der Waals surface area contributed by atoms with Gasteiger partial charge in [-0.25, -0.2) is 0 Å². The van der Waals surface area contributed by atoms with Crippen molar-refractivity contribution in [1.82, 2.24) is 5.32 Å². The van der Waals surface area contributed by atoms with Gasteiger partial charge < -0.3 is 15.4 Å². The van der Waals surface area contributed by atoms with E-state index in [1.807, 2.05) is 30.3 Å². The maximum atomic E-state index is 12.6. The van der Waals surface area contributed by atoms with Gasteiger partial charge in [0, 0.05) is 12.1 Å². The highest BCUT2D eigenvalue weighted by atomic mass is 79.9. The standard InChI is InChI=1S/C23H21BrN2O3/c1-29-21-12-11-17(15-19(21)24)22(27)26-20-10-6-5-9-18(20)23(28)25-14-13-16-7-3-2-4-8-16/h2-12,15H,13-14H2,1H3,(H,25,28)(H,26,27). The Hall–Kier alpha value is -3.12. The van der Waals surface area contributed by atoms with Crippen molar-refractivity contribution in [3.8, 4) is 5.75 Å². The number of carbonyl (C=O) groups is 2. The topological polar surface area (TPSA) is 67.4 Å². The molecular weight excluding hydrogens is 432 g/mol. The van der Waals surface area contributed by atoms with Gasteiger partial charge in [-0.2, -0.15) is 0 Å². The van der Waals surface area contributed by atoms with Crippen molar-refractivity contribution in [2.24, 2.45) is 0 Å². The Bertz CT molecular complexity index is 1010. The van der Waals surface area contributed by atoms with Crippen molar-refractivity contribution in [1.29, 1.82) is 0 Å². The first-order chi connectivity index (χ1) is 14.1. The number of para-hydroxylation sites is 1. The fourth-order valence-corrected chi connectivity index (χ4v) is 3.39. The van der Waals surface area contributed by atoms with Crippen LogP contribution in [0, 0.1) is 0 Å². The third-order valence-corrected chi connectivity index (χ3v) is 5.00. The van der Waals surface area contributed by atoms with E-state index in [0.29, 0.717) is 33.6 Å². The Morgan fingerprint density at radius 3 is 2.38 bits per heavy atom. The summed E-state index contributed by atoms with van der Waals surface area (Å²) in [5.41, 5.74) is 2.49. The fraction of sp³-hybridized carbons (Fsp3) is 0.130. The lowest BCUT2D eigenvalue weighted by Gasteiger charge is -2.12. The van der Waals surface area contributed by atoms with Crippen LogP contribution in [0.15, 0.2) is 77.3 Å². The minimum Gasteiger partial charge on any atom is -0.496 e. The molecule has 29 heavy (non-hydrogen) atoms. The molecule has 0 radical (unpaired) electrons. The molecule has 5 nitrogen and oxygen atoms in total. The SMILES string of the molecule is COc1ccc(C(=O)Nc2ccccc2C(=O)NCCc2ccccc2)cc1Br. The molecule has 0 unspecified atom stereocenters. The molecule has 6 heteroatoms. The van der Waals surface area contributed by atoms with E-state index in [4.69, 9.17) is 4.74 Å². The monoisotopic (exact) mass is 452 g/mol. The van der Waals surface area contributed by atoms with Crippen LogP contribution in [0.25, 0.3) is 0 Å². The van der Waals surface area contributed by atoms with Crippen molar-refractivity contribution >= 4 is 33.4 Å². The second-order valence-corrected chi connectivity index (χ2v) is 7.19. The number of anilines is 1. The van der Waals surface area contributed by atoms with Gasteiger partial charge in [-0.15, -0.1) is 0 Å². The molecule has 0 aliphatic heterocycles. The molecular formula is C23H21BrN2O3. The van der Waals surface area contributed by atoms with Crippen molar-refractivity contribution in [2.45, 2.75) is 6.42 Å². The summed E-state index contributed by atoms with van der Waals surface area (Å²) >= 11 is 3.38. The minimum absolute atomic E-state index is 0.229. The molecule has 0 saturated carbocycles. The second-order valence-electron chi connectivity index (χ2n) is 6.34. The van der Waals surface area contributed by atoms with Gasteiger partial charge in [0.1, 0.15) is 5.75 Å². The van der Waals surface area contributed by atoms with Crippen LogP contribution in [0.1, 0.15) is 26.3 Å². The molecule has 3 aromatic carbocycles. The molecule has 148 valence electrons. The van der Waals surface area contributed by atoms with Crippen LogP contribution in [0.4, 0.5) is 5.69 Å². The quantitative estimate of drug-likeness (QED) is 0.546. The lowest BCUT2D eigenvalue weighted by atomic mass is 10.1. The van der Waals surface area contributed by atoms with Crippen LogP contribution in [0.5, 0.6) is 5.75 Å². The van der Waals surface area contributed by atoms with Gasteiger partial charge in [-0.1, -0.05) is 42.5 Å². The van der Waals surface area contributed by atoms with Gasteiger partial charge in [0.05, 0.1) is 22.8 Å². The molecule has 0 saturated heterocycles. The number of hydrogen-bond acceptors (Lipinski definition) is 3. The average molecular weight is 453 g/mol. The van der Waals surface area contributed by atoms with Crippen molar-refractivity contribution in [2.75, 3.05) is 19.0 Å². The number of rotatable bonds is 7. The van der Waals surface area contributed by atoms with E-state index >= 15 is 0 Å². The average Bonchev–Trinajstić information content (AvgIpc) is 2.74. The maximum Gasteiger partial charge on any atom is 0.255 e. The Kier molecular flexibility index (Phi) is 7.03. The molecule has 0 fully saturated rings. The Morgan fingerprint density at radius 1 is 0.931 bits per heavy atom. The predicted molar refractivity (Wildman–Crippen MR) is 118 cm³/mol. The molecule has 0 bridgehead atoms. The van der Waals surface area contributed by atoms with Crippen LogP contribution in [0.2, 0.25) is 0 Å². The Labute approximate surface area is 178 Å². The molecule has 0 spiro atoms. The highest BCUT2D eigenvalue weighted by Gasteiger charge is 2.15. The van der Waals surface area contributed by atoms with Gasteiger partial charge in [0.25, 0.3) is 11.8 Å². The summed E-state index contributed by atoms with van der Waals surface area (Å²) in [6.45, 7) is 0.510. The first-order valence-corrected chi connectivity index (χ1v) is 9.94. The molecule has 0 atom stereocenters. The summed E-state index contributed by atoms with van der Waals surface area (Å²) in [5, 5.41) is 5.73. The van der Waals surface area contributed by atoms with E-state index in [1.165, 1.54) is 0 Å². The van der Waals surface area contributed by atoms with Crippen molar-refractivity contribution in [3.05, 3.63) is 94.0 Å². The van der Waals surface area contributed by atoms with Crippen molar-refractivity contribution in [3.63, 3.8) is 0 Å². The number of benzene rings is 3. The Morgan fingerprint density at radius 2 is 1.66 bits per heavy atom. The van der Waals surface area contributed by atoms with Crippen molar-refractivity contribution < 1.29 is 14.3 Å². The summed E-state index contributed by atoms with van der Waals surface area (Å²) < 4.78 is 5.87. The van der Waals surface area contributed by atoms with E-state index in [1.54, 1.807) is 49.6 Å². The third-order valence-electron chi connectivity index (χ3n) is 4.38. The first-order valence-electron chi connectivity index (χ1n) is 9.14. The first kappa shape index (κ1) is 20.6. The molecule has 0 aromatic heterocycles. The summed E-state index contributed by atoms with van der Waals surface area (Å²) in [7, 11) is 1.56. The number of hydrogen-bond donors (Lipinski definition) is 2. The third kappa shape index (κ3) is 5.45. The molecule has 0 heterocycles.